The Morgan fingerprint density at radius 3 is 2.42 bits per heavy atom. The molecule has 0 aromatic heterocycles. The van der Waals surface area contributed by atoms with Crippen molar-refractivity contribution in [2.24, 2.45) is 5.92 Å². The maximum Gasteiger partial charge on any atom is 0.0221 e. The van der Waals surface area contributed by atoms with Gasteiger partial charge < -0.3 is 5.32 Å². The van der Waals surface area contributed by atoms with E-state index in [0.29, 0.717) is 6.04 Å². The van der Waals surface area contributed by atoms with Gasteiger partial charge in [0.15, 0.2) is 0 Å². The summed E-state index contributed by atoms with van der Waals surface area (Å²) >= 11 is 0. The van der Waals surface area contributed by atoms with Crippen LogP contribution < -0.4 is 5.32 Å². The molecule has 1 fully saturated rings. The molecule has 2 heteroatoms. The molecule has 114 valence electrons. The third-order valence-corrected chi connectivity index (χ3v) is 4.81. The second-order valence-corrected chi connectivity index (χ2v) is 6.72. The molecule has 3 atom stereocenters. The van der Waals surface area contributed by atoms with E-state index in [1.165, 1.54) is 51.6 Å². The highest BCUT2D eigenvalue weighted by molar-refractivity contribution is 4.89. The Balaban J connectivity index is 2.44. The van der Waals surface area contributed by atoms with Crippen LogP contribution in [-0.4, -0.2) is 36.1 Å². The minimum absolute atomic E-state index is 0.681. The quantitative estimate of drug-likeness (QED) is 0.668. The van der Waals surface area contributed by atoms with Gasteiger partial charge in [0.25, 0.3) is 0 Å². The molecule has 2 nitrogen and oxygen atoms in total. The van der Waals surface area contributed by atoms with Crippen LogP contribution in [0.25, 0.3) is 0 Å². The Labute approximate surface area is 121 Å². The van der Waals surface area contributed by atoms with Gasteiger partial charge in [0, 0.05) is 31.2 Å². The highest BCUT2D eigenvalue weighted by atomic mass is 15.3. The number of nitrogens with one attached hydrogen (secondary N) is 1. The minimum Gasteiger partial charge on any atom is -0.311 e. The zero-order valence-corrected chi connectivity index (χ0v) is 13.9. The van der Waals surface area contributed by atoms with Crippen molar-refractivity contribution in [1.29, 1.82) is 0 Å². The van der Waals surface area contributed by atoms with Gasteiger partial charge in [0.2, 0.25) is 0 Å². The summed E-state index contributed by atoms with van der Waals surface area (Å²) in [5.74, 6) is 0.743. The highest BCUT2D eigenvalue weighted by Crippen LogP contribution is 2.20. The topological polar surface area (TPSA) is 15.3 Å². The second-order valence-electron chi connectivity index (χ2n) is 6.72. The molecule has 0 aliphatic carbocycles. The van der Waals surface area contributed by atoms with Crippen molar-refractivity contribution >= 4 is 0 Å². The van der Waals surface area contributed by atoms with E-state index in [-0.39, 0.29) is 0 Å². The fraction of sp³-hybridized carbons (Fsp3) is 1.00. The van der Waals surface area contributed by atoms with E-state index in [1.54, 1.807) is 0 Å². The van der Waals surface area contributed by atoms with Crippen molar-refractivity contribution in [3.05, 3.63) is 0 Å². The molecule has 0 aromatic rings. The third-order valence-electron chi connectivity index (χ3n) is 4.81. The SMILES string of the molecule is CCCCCCC(C)N1CC(C(C)C)NCC1CC. The van der Waals surface area contributed by atoms with Gasteiger partial charge in [-0.2, -0.15) is 0 Å². The Morgan fingerprint density at radius 1 is 1.11 bits per heavy atom. The lowest BCUT2D eigenvalue weighted by Crippen LogP contribution is -2.60. The zero-order valence-electron chi connectivity index (χ0n) is 13.9. The van der Waals surface area contributed by atoms with Crippen molar-refractivity contribution in [3.63, 3.8) is 0 Å². The van der Waals surface area contributed by atoms with Gasteiger partial charge in [0.1, 0.15) is 0 Å². The number of unbranched alkanes of at least 4 members (excludes halogenated alkanes) is 3. The molecular weight excluding hydrogens is 232 g/mol. The molecule has 1 aliphatic heterocycles. The van der Waals surface area contributed by atoms with Gasteiger partial charge in [-0.1, -0.05) is 53.4 Å². The molecule has 1 saturated heterocycles. The van der Waals surface area contributed by atoms with E-state index in [1.807, 2.05) is 0 Å². The standard InChI is InChI=1S/C17H36N2/c1-6-8-9-10-11-15(5)19-13-17(14(3)4)18-12-16(19)7-2/h14-18H,6-13H2,1-5H3. The van der Waals surface area contributed by atoms with Gasteiger partial charge in [0.05, 0.1) is 0 Å². The summed E-state index contributed by atoms with van der Waals surface area (Å²) in [6.07, 6.45) is 8.21. The molecule has 0 radical (unpaired) electrons. The molecule has 1 aliphatic rings. The van der Waals surface area contributed by atoms with Gasteiger partial charge >= 0.3 is 0 Å². The summed E-state index contributed by atoms with van der Waals surface area (Å²) in [6.45, 7) is 14.2. The first-order chi connectivity index (χ1) is 9.10. The van der Waals surface area contributed by atoms with E-state index in [2.05, 4.69) is 44.8 Å². The molecule has 0 saturated carbocycles. The largest absolute Gasteiger partial charge is 0.311 e. The van der Waals surface area contributed by atoms with E-state index in [0.717, 1.165) is 18.0 Å². The van der Waals surface area contributed by atoms with Crippen LogP contribution in [0.15, 0.2) is 0 Å². The van der Waals surface area contributed by atoms with Gasteiger partial charge in [-0.15, -0.1) is 0 Å². The fourth-order valence-electron chi connectivity index (χ4n) is 3.24. The lowest BCUT2D eigenvalue weighted by molar-refractivity contribution is 0.0691. The zero-order chi connectivity index (χ0) is 14.3. The Hall–Kier alpha value is -0.0800. The average Bonchev–Trinajstić information content (AvgIpc) is 2.42. The van der Waals surface area contributed by atoms with E-state index in [4.69, 9.17) is 0 Å². The third kappa shape index (κ3) is 5.43. The van der Waals surface area contributed by atoms with Gasteiger partial charge in [-0.25, -0.2) is 0 Å². The van der Waals surface area contributed by atoms with Crippen molar-refractivity contribution in [2.75, 3.05) is 13.1 Å². The smallest absolute Gasteiger partial charge is 0.0221 e. The summed E-state index contributed by atoms with van der Waals surface area (Å²) in [5.41, 5.74) is 0. The maximum absolute atomic E-state index is 3.74. The van der Waals surface area contributed by atoms with E-state index in [9.17, 15) is 0 Å². The van der Waals surface area contributed by atoms with Crippen molar-refractivity contribution in [2.45, 2.75) is 91.3 Å². The molecule has 0 spiro atoms. The normalized spacial score (nSPS) is 26.8. The molecule has 0 amide bonds. The van der Waals surface area contributed by atoms with Crippen LogP contribution >= 0.6 is 0 Å². The number of piperazine rings is 1. The van der Waals surface area contributed by atoms with Crippen LogP contribution in [0.3, 0.4) is 0 Å². The van der Waals surface area contributed by atoms with Crippen LogP contribution in [0.5, 0.6) is 0 Å². The van der Waals surface area contributed by atoms with Crippen LogP contribution in [-0.2, 0) is 0 Å². The van der Waals surface area contributed by atoms with Crippen LogP contribution in [0, 0.1) is 5.92 Å². The molecule has 1 N–H and O–H groups in total. The Bertz CT molecular complexity index is 227. The first-order valence-electron chi connectivity index (χ1n) is 8.59. The summed E-state index contributed by atoms with van der Waals surface area (Å²) in [6, 6.07) is 2.18. The van der Waals surface area contributed by atoms with Crippen molar-refractivity contribution < 1.29 is 0 Å². The van der Waals surface area contributed by atoms with Crippen molar-refractivity contribution in [3.8, 4) is 0 Å². The Morgan fingerprint density at radius 2 is 1.84 bits per heavy atom. The van der Waals surface area contributed by atoms with Crippen LogP contribution in [0.4, 0.5) is 0 Å². The number of rotatable bonds is 8. The number of hydrogen-bond donors (Lipinski definition) is 1. The lowest BCUT2D eigenvalue weighted by atomic mass is 9.95. The maximum atomic E-state index is 3.74. The molecule has 19 heavy (non-hydrogen) atoms. The number of hydrogen-bond acceptors (Lipinski definition) is 2. The van der Waals surface area contributed by atoms with Crippen molar-refractivity contribution in [1.82, 2.24) is 10.2 Å². The molecule has 0 bridgehead atoms. The summed E-state index contributed by atoms with van der Waals surface area (Å²) in [5, 5.41) is 3.74. The minimum atomic E-state index is 0.681. The second kappa shape index (κ2) is 8.97. The Kier molecular flexibility index (Phi) is 8.01. The first-order valence-corrected chi connectivity index (χ1v) is 8.59. The molecular formula is C17H36N2. The molecule has 1 rings (SSSR count). The molecule has 3 unspecified atom stereocenters. The monoisotopic (exact) mass is 268 g/mol. The average molecular weight is 268 g/mol. The summed E-state index contributed by atoms with van der Waals surface area (Å²) < 4.78 is 0. The first kappa shape index (κ1) is 17.0. The predicted molar refractivity (Wildman–Crippen MR) is 85.6 cm³/mol. The number of nitrogens with zero attached hydrogens (tertiary/aromatic N) is 1. The van der Waals surface area contributed by atoms with Crippen LogP contribution in [0.2, 0.25) is 0 Å². The molecule has 0 aromatic carbocycles. The van der Waals surface area contributed by atoms with Gasteiger partial charge in [-0.3, -0.25) is 4.90 Å². The van der Waals surface area contributed by atoms with Gasteiger partial charge in [-0.05, 0) is 25.7 Å². The lowest BCUT2D eigenvalue weighted by Gasteiger charge is -2.45. The highest BCUT2D eigenvalue weighted by Gasteiger charge is 2.30. The predicted octanol–water partition coefficient (Wildman–Crippen LogP) is 4.05. The van der Waals surface area contributed by atoms with E-state index >= 15 is 0 Å². The summed E-state index contributed by atoms with van der Waals surface area (Å²) in [7, 11) is 0. The summed E-state index contributed by atoms with van der Waals surface area (Å²) in [4.78, 5) is 2.78. The van der Waals surface area contributed by atoms with E-state index < -0.39 is 0 Å². The fourth-order valence-corrected chi connectivity index (χ4v) is 3.24. The van der Waals surface area contributed by atoms with Crippen LogP contribution in [0.1, 0.15) is 73.1 Å². The molecule has 1 heterocycles.